The van der Waals surface area contributed by atoms with Gasteiger partial charge >= 0.3 is 6.18 Å². The van der Waals surface area contributed by atoms with Gasteiger partial charge in [0, 0.05) is 25.1 Å². The number of methoxy groups -OCH3 is 1. The fraction of sp³-hybridized carbons (Fsp3) is 0.444. The maximum Gasteiger partial charge on any atom is 0.417 e. The summed E-state index contributed by atoms with van der Waals surface area (Å²) in [6.45, 7) is 0.0254. The highest BCUT2D eigenvalue weighted by Gasteiger charge is 2.53. The average Bonchev–Trinajstić information content (AvgIpc) is 3.04. The number of thiazole rings is 1. The number of rotatable bonds is 3. The molecule has 1 aliphatic rings. The Balaban J connectivity index is 1.72. The molecule has 3 rings (SSSR count). The molecule has 0 bridgehead atoms. The third-order valence-corrected chi connectivity index (χ3v) is 5.72. The number of carbonyl (C=O) groups is 1. The molecule has 27 heavy (non-hydrogen) atoms. The molecule has 1 atom stereocenters. The van der Waals surface area contributed by atoms with Gasteiger partial charge in [-0.3, -0.25) is 4.79 Å². The van der Waals surface area contributed by atoms with E-state index in [1.165, 1.54) is 22.4 Å². The molecule has 1 saturated heterocycles. The van der Waals surface area contributed by atoms with Gasteiger partial charge in [-0.25, -0.2) is 4.98 Å². The lowest BCUT2D eigenvalue weighted by Gasteiger charge is -2.29. The van der Waals surface area contributed by atoms with Crippen molar-refractivity contribution in [2.24, 2.45) is 0 Å². The number of benzene rings is 1. The van der Waals surface area contributed by atoms with Crippen molar-refractivity contribution in [3.8, 4) is 16.3 Å². The summed E-state index contributed by atoms with van der Waals surface area (Å²) >= 11 is 1.19. The number of hydrogen-bond acceptors (Lipinski definition) is 5. The van der Waals surface area contributed by atoms with Gasteiger partial charge in [0.2, 0.25) is 0 Å². The fourth-order valence-electron chi connectivity index (χ4n) is 3.00. The van der Waals surface area contributed by atoms with Crippen molar-refractivity contribution in [2.75, 3.05) is 20.2 Å². The molecule has 1 aromatic heterocycles. The molecule has 0 aliphatic carbocycles. The molecule has 1 aromatic carbocycles. The quantitative estimate of drug-likeness (QED) is 0.853. The van der Waals surface area contributed by atoms with Crippen LogP contribution in [0.2, 0.25) is 0 Å². The Bertz CT molecular complexity index is 807. The summed E-state index contributed by atoms with van der Waals surface area (Å²) in [7, 11) is 1.57. The number of hydrogen-bond donors (Lipinski definition) is 1. The molecule has 2 aromatic rings. The number of ether oxygens (including phenoxy) is 1. The number of likely N-dealkylation sites (tertiary alicyclic amines) is 1. The van der Waals surface area contributed by atoms with Crippen molar-refractivity contribution >= 4 is 17.2 Å². The minimum Gasteiger partial charge on any atom is -0.497 e. The van der Waals surface area contributed by atoms with Crippen LogP contribution in [0.4, 0.5) is 13.2 Å². The average molecular weight is 400 g/mol. The van der Waals surface area contributed by atoms with E-state index in [4.69, 9.17) is 4.74 Å². The highest BCUT2D eigenvalue weighted by atomic mass is 32.1. The second-order valence-electron chi connectivity index (χ2n) is 6.43. The molecule has 0 unspecified atom stereocenters. The smallest absolute Gasteiger partial charge is 0.417 e. The molecule has 5 nitrogen and oxygen atoms in total. The van der Waals surface area contributed by atoms with Crippen molar-refractivity contribution in [1.82, 2.24) is 9.88 Å². The molecule has 1 aliphatic heterocycles. The van der Waals surface area contributed by atoms with Crippen LogP contribution < -0.4 is 4.74 Å². The van der Waals surface area contributed by atoms with E-state index >= 15 is 0 Å². The van der Waals surface area contributed by atoms with E-state index in [1.54, 1.807) is 19.2 Å². The van der Waals surface area contributed by atoms with Crippen LogP contribution in [0.1, 0.15) is 28.9 Å². The van der Waals surface area contributed by atoms with Crippen LogP contribution >= 0.6 is 11.3 Å². The number of carbonyl (C=O) groups excluding carboxylic acids is 1. The summed E-state index contributed by atoms with van der Waals surface area (Å²) in [5, 5.41) is 10.5. The van der Waals surface area contributed by atoms with Gasteiger partial charge in [0.05, 0.1) is 13.3 Å². The molecule has 9 heteroatoms. The molecule has 1 N–H and O–H groups in total. The lowest BCUT2D eigenvalue weighted by atomic mass is 9.94. The first-order valence-corrected chi connectivity index (χ1v) is 9.24. The molecule has 0 radical (unpaired) electrons. The summed E-state index contributed by atoms with van der Waals surface area (Å²) in [6.07, 6.45) is -4.09. The molecule has 2 heterocycles. The van der Waals surface area contributed by atoms with E-state index in [1.807, 2.05) is 12.1 Å². The van der Waals surface area contributed by atoms with Crippen LogP contribution in [0.5, 0.6) is 5.75 Å². The minimum atomic E-state index is -4.70. The van der Waals surface area contributed by atoms with E-state index in [-0.39, 0.29) is 25.4 Å². The summed E-state index contributed by atoms with van der Waals surface area (Å²) in [4.78, 5) is 18.6. The van der Waals surface area contributed by atoms with Crippen LogP contribution in [0.3, 0.4) is 0 Å². The Morgan fingerprint density at radius 2 is 1.96 bits per heavy atom. The number of aliphatic hydroxyl groups is 1. The van der Waals surface area contributed by atoms with E-state index in [0.717, 1.165) is 5.56 Å². The Kier molecular flexibility index (Phi) is 5.43. The molecule has 0 spiro atoms. The zero-order chi connectivity index (χ0) is 19.7. The molecule has 1 amide bonds. The molecule has 0 saturated carbocycles. The van der Waals surface area contributed by atoms with Crippen LogP contribution in [0, 0.1) is 0 Å². The predicted octanol–water partition coefficient (Wildman–Crippen LogP) is 3.74. The van der Waals surface area contributed by atoms with Gasteiger partial charge in [-0.15, -0.1) is 11.3 Å². The number of alkyl halides is 3. The lowest BCUT2D eigenvalue weighted by molar-refractivity contribution is -0.263. The Hall–Kier alpha value is -2.13. The van der Waals surface area contributed by atoms with Crippen molar-refractivity contribution in [3.63, 3.8) is 0 Å². The zero-order valence-electron chi connectivity index (χ0n) is 14.6. The zero-order valence-corrected chi connectivity index (χ0v) is 15.4. The van der Waals surface area contributed by atoms with Crippen LogP contribution in [-0.2, 0) is 0 Å². The van der Waals surface area contributed by atoms with Crippen LogP contribution in [0.15, 0.2) is 30.5 Å². The summed E-state index contributed by atoms with van der Waals surface area (Å²) in [6, 6.07) is 7.21. The summed E-state index contributed by atoms with van der Waals surface area (Å²) in [5.41, 5.74) is -1.91. The van der Waals surface area contributed by atoms with Gasteiger partial charge in [0.15, 0.2) is 5.60 Å². The molecular weight excluding hydrogens is 381 g/mol. The number of amides is 1. The summed E-state index contributed by atoms with van der Waals surface area (Å²) in [5.74, 6) is 0.340. The third-order valence-electron chi connectivity index (χ3n) is 4.68. The Labute approximate surface area is 158 Å². The number of nitrogens with zero attached hydrogens (tertiary/aromatic N) is 2. The minimum absolute atomic E-state index is 0.0892. The van der Waals surface area contributed by atoms with Crippen molar-refractivity contribution < 1.29 is 27.8 Å². The normalized spacial score (nSPS) is 21.0. The van der Waals surface area contributed by atoms with Crippen molar-refractivity contribution in [2.45, 2.75) is 31.0 Å². The highest BCUT2D eigenvalue weighted by molar-refractivity contribution is 7.16. The second-order valence-corrected chi connectivity index (χ2v) is 7.46. The highest BCUT2D eigenvalue weighted by Crippen LogP contribution is 2.38. The molecular formula is C18H19F3N2O3S. The SMILES string of the molecule is COc1ccc(-c2ncc(C(=O)N3CCC[C@@](O)(C(F)(F)F)CC3)s2)cc1. The summed E-state index contributed by atoms with van der Waals surface area (Å²) < 4.78 is 44.2. The largest absolute Gasteiger partial charge is 0.497 e. The lowest BCUT2D eigenvalue weighted by Crippen LogP contribution is -2.46. The van der Waals surface area contributed by atoms with Gasteiger partial charge < -0.3 is 14.7 Å². The van der Waals surface area contributed by atoms with Gasteiger partial charge in [-0.1, -0.05) is 0 Å². The topological polar surface area (TPSA) is 62.7 Å². The van der Waals surface area contributed by atoms with Crippen molar-refractivity contribution in [1.29, 1.82) is 0 Å². The Morgan fingerprint density at radius 3 is 2.59 bits per heavy atom. The standard InChI is InChI=1S/C18H19F3N2O3S/c1-26-13-5-3-12(4-6-13)15-22-11-14(27-15)16(24)23-9-2-7-17(25,8-10-23)18(19,20)21/h3-6,11,25H,2,7-10H2,1H3/t17-/m0/s1. The Morgan fingerprint density at radius 1 is 1.26 bits per heavy atom. The van der Waals surface area contributed by atoms with Gasteiger partial charge in [-0.2, -0.15) is 13.2 Å². The van der Waals surface area contributed by atoms with Gasteiger partial charge in [0.25, 0.3) is 5.91 Å². The monoisotopic (exact) mass is 400 g/mol. The van der Waals surface area contributed by atoms with Gasteiger partial charge in [-0.05, 0) is 37.1 Å². The molecule has 146 valence electrons. The van der Waals surface area contributed by atoms with E-state index in [0.29, 0.717) is 15.6 Å². The maximum absolute atomic E-state index is 13.0. The predicted molar refractivity (Wildman–Crippen MR) is 94.9 cm³/mol. The number of aromatic nitrogens is 1. The number of halogens is 3. The first-order valence-electron chi connectivity index (χ1n) is 8.42. The van der Waals surface area contributed by atoms with Crippen LogP contribution in [-0.4, -0.2) is 52.9 Å². The molecule has 1 fully saturated rings. The maximum atomic E-state index is 13.0. The first-order chi connectivity index (χ1) is 12.7. The third kappa shape index (κ3) is 4.08. The van der Waals surface area contributed by atoms with E-state index in [9.17, 15) is 23.1 Å². The van der Waals surface area contributed by atoms with E-state index in [2.05, 4.69) is 4.98 Å². The van der Waals surface area contributed by atoms with Crippen LogP contribution in [0.25, 0.3) is 10.6 Å². The van der Waals surface area contributed by atoms with E-state index < -0.39 is 24.6 Å². The fourth-order valence-corrected chi connectivity index (χ4v) is 3.89. The second kappa shape index (κ2) is 7.47. The first kappa shape index (κ1) is 19.6. The van der Waals surface area contributed by atoms with Crippen molar-refractivity contribution in [3.05, 3.63) is 35.3 Å². The van der Waals surface area contributed by atoms with Gasteiger partial charge in [0.1, 0.15) is 15.6 Å².